The van der Waals surface area contributed by atoms with Crippen molar-refractivity contribution < 1.29 is 18.4 Å². The van der Waals surface area contributed by atoms with Gasteiger partial charge in [0.2, 0.25) is 5.91 Å². The van der Waals surface area contributed by atoms with Crippen LogP contribution in [0, 0.1) is 23.5 Å². The Bertz CT molecular complexity index is 614. The molecule has 1 saturated carbocycles. The lowest BCUT2D eigenvalue weighted by Gasteiger charge is -2.30. The van der Waals surface area contributed by atoms with Crippen molar-refractivity contribution in [2.24, 2.45) is 11.8 Å². The molecule has 25 heavy (non-hydrogen) atoms. The summed E-state index contributed by atoms with van der Waals surface area (Å²) in [7, 11) is 0. The van der Waals surface area contributed by atoms with Gasteiger partial charge < -0.3 is 10.6 Å². The van der Waals surface area contributed by atoms with E-state index >= 15 is 0 Å². The van der Waals surface area contributed by atoms with Gasteiger partial charge in [-0.3, -0.25) is 9.59 Å². The molecule has 3 atom stereocenters. The van der Waals surface area contributed by atoms with Crippen molar-refractivity contribution in [2.45, 2.75) is 58.5 Å². The first-order valence-electron chi connectivity index (χ1n) is 8.84. The van der Waals surface area contributed by atoms with E-state index < -0.39 is 29.1 Å². The number of rotatable bonds is 5. The third-order valence-electron chi connectivity index (χ3n) is 4.71. The van der Waals surface area contributed by atoms with Gasteiger partial charge in [-0.1, -0.05) is 39.7 Å². The van der Waals surface area contributed by atoms with E-state index in [0.29, 0.717) is 5.92 Å². The summed E-state index contributed by atoms with van der Waals surface area (Å²) in [4.78, 5) is 24.9. The zero-order valence-electron chi connectivity index (χ0n) is 14.9. The zero-order valence-corrected chi connectivity index (χ0v) is 14.9. The van der Waals surface area contributed by atoms with Gasteiger partial charge in [0.15, 0.2) is 0 Å². The molecule has 0 saturated heterocycles. The van der Waals surface area contributed by atoms with Gasteiger partial charge in [-0.2, -0.15) is 0 Å². The van der Waals surface area contributed by atoms with Crippen molar-refractivity contribution in [2.75, 3.05) is 0 Å². The monoisotopic (exact) mass is 352 g/mol. The van der Waals surface area contributed by atoms with Crippen molar-refractivity contribution in [1.29, 1.82) is 0 Å². The second kappa shape index (κ2) is 8.41. The fraction of sp³-hybridized carbons (Fsp3) is 0.579. The van der Waals surface area contributed by atoms with E-state index in [2.05, 4.69) is 17.6 Å². The van der Waals surface area contributed by atoms with Crippen LogP contribution >= 0.6 is 0 Å². The van der Waals surface area contributed by atoms with Gasteiger partial charge in [0.1, 0.15) is 23.2 Å². The minimum absolute atomic E-state index is 0.0830. The van der Waals surface area contributed by atoms with Crippen LogP contribution in [-0.4, -0.2) is 23.9 Å². The van der Waals surface area contributed by atoms with Gasteiger partial charge in [0.25, 0.3) is 5.91 Å². The van der Waals surface area contributed by atoms with Crippen LogP contribution < -0.4 is 10.6 Å². The maximum absolute atomic E-state index is 13.8. The van der Waals surface area contributed by atoms with Crippen molar-refractivity contribution in [3.8, 4) is 0 Å². The number of carbonyl (C=O) groups is 2. The summed E-state index contributed by atoms with van der Waals surface area (Å²) >= 11 is 0. The molecule has 1 aliphatic carbocycles. The highest BCUT2D eigenvalue weighted by molar-refractivity contribution is 5.98. The van der Waals surface area contributed by atoms with Crippen LogP contribution in [0.15, 0.2) is 18.2 Å². The van der Waals surface area contributed by atoms with Crippen molar-refractivity contribution in [3.63, 3.8) is 0 Å². The van der Waals surface area contributed by atoms with Crippen LogP contribution in [-0.2, 0) is 4.79 Å². The van der Waals surface area contributed by atoms with E-state index in [1.54, 1.807) is 13.8 Å². The Morgan fingerprint density at radius 2 is 1.80 bits per heavy atom. The molecule has 4 nitrogen and oxygen atoms in total. The predicted molar refractivity (Wildman–Crippen MR) is 92.0 cm³/mol. The number of benzene rings is 1. The molecule has 0 aromatic heterocycles. The summed E-state index contributed by atoms with van der Waals surface area (Å²) in [6.07, 6.45) is 4.04. The van der Waals surface area contributed by atoms with Crippen LogP contribution in [0.2, 0.25) is 0 Å². The first-order valence-corrected chi connectivity index (χ1v) is 8.84. The fourth-order valence-corrected chi connectivity index (χ4v) is 3.32. The summed E-state index contributed by atoms with van der Waals surface area (Å²) in [5.74, 6) is -2.76. The quantitative estimate of drug-likeness (QED) is 0.853. The smallest absolute Gasteiger partial charge is 0.257 e. The molecule has 2 rings (SSSR count). The number of carbonyl (C=O) groups excluding carboxylic acids is 2. The molecular formula is C19H26F2N2O2. The lowest BCUT2D eigenvalue weighted by molar-refractivity contribution is -0.125. The average Bonchev–Trinajstić information content (AvgIpc) is 2.52. The van der Waals surface area contributed by atoms with E-state index in [0.717, 1.165) is 37.8 Å². The normalized spacial score (nSPS) is 21.7. The van der Waals surface area contributed by atoms with Crippen LogP contribution in [0.4, 0.5) is 8.78 Å². The summed E-state index contributed by atoms with van der Waals surface area (Å²) in [5.41, 5.74) is -0.660. The Morgan fingerprint density at radius 3 is 2.36 bits per heavy atom. The summed E-state index contributed by atoms with van der Waals surface area (Å²) in [6.45, 7) is 5.72. The molecule has 0 bridgehead atoms. The fourth-order valence-electron chi connectivity index (χ4n) is 3.32. The van der Waals surface area contributed by atoms with Crippen molar-refractivity contribution in [1.82, 2.24) is 10.6 Å². The number of amides is 2. The topological polar surface area (TPSA) is 58.2 Å². The Hall–Kier alpha value is -1.98. The van der Waals surface area contributed by atoms with Crippen LogP contribution in [0.25, 0.3) is 0 Å². The molecule has 0 radical (unpaired) electrons. The average molecular weight is 352 g/mol. The zero-order chi connectivity index (χ0) is 18.6. The molecule has 0 spiro atoms. The van der Waals surface area contributed by atoms with Crippen LogP contribution in [0.1, 0.15) is 56.8 Å². The van der Waals surface area contributed by atoms with E-state index in [4.69, 9.17) is 0 Å². The predicted octanol–water partition coefficient (Wildman–Crippen LogP) is 3.41. The van der Waals surface area contributed by atoms with E-state index in [1.165, 1.54) is 6.07 Å². The Labute approximate surface area is 147 Å². The second-order valence-corrected chi connectivity index (χ2v) is 7.27. The minimum atomic E-state index is -0.943. The van der Waals surface area contributed by atoms with Gasteiger partial charge >= 0.3 is 0 Å². The molecule has 1 fully saturated rings. The van der Waals surface area contributed by atoms with Gasteiger partial charge in [-0.25, -0.2) is 8.78 Å². The van der Waals surface area contributed by atoms with E-state index in [-0.39, 0.29) is 17.9 Å². The van der Waals surface area contributed by atoms with Gasteiger partial charge in [-0.15, -0.1) is 0 Å². The maximum atomic E-state index is 13.8. The lowest BCUT2D eigenvalue weighted by Crippen LogP contribution is -2.52. The van der Waals surface area contributed by atoms with Gasteiger partial charge in [0, 0.05) is 6.04 Å². The van der Waals surface area contributed by atoms with Crippen molar-refractivity contribution >= 4 is 11.8 Å². The number of halogens is 2. The highest BCUT2D eigenvalue weighted by Gasteiger charge is 2.29. The highest BCUT2D eigenvalue weighted by Crippen LogP contribution is 2.23. The first kappa shape index (κ1) is 19.3. The molecule has 1 aromatic rings. The lowest BCUT2D eigenvalue weighted by atomic mass is 9.87. The third kappa shape index (κ3) is 5.00. The van der Waals surface area contributed by atoms with Gasteiger partial charge in [0.05, 0.1) is 0 Å². The van der Waals surface area contributed by atoms with E-state index in [1.807, 2.05) is 0 Å². The molecular weight excluding hydrogens is 326 g/mol. The summed E-state index contributed by atoms with van der Waals surface area (Å²) < 4.78 is 27.5. The van der Waals surface area contributed by atoms with E-state index in [9.17, 15) is 18.4 Å². The molecule has 0 aliphatic heterocycles. The molecule has 0 heterocycles. The second-order valence-electron chi connectivity index (χ2n) is 7.27. The Morgan fingerprint density at radius 1 is 1.16 bits per heavy atom. The molecule has 6 heteroatoms. The summed E-state index contributed by atoms with van der Waals surface area (Å²) in [5, 5.41) is 5.46. The van der Waals surface area contributed by atoms with Gasteiger partial charge in [-0.05, 0) is 36.8 Å². The molecule has 138 valence electrons. The molecule has 2 amide bonds. The highest BCUT2D eigenvalue weighted by atomic mass is 19.1. The maximum Gasteiger partial charge on any atom is 0.257 e. The summed E-state index contributed by atoms with van der Waals surface area (Å²) in [6, 6.07) is 2.47. The first-order chi connectivity index (χ1) is 11.8. The molecule has 1 aliphatic rings. The SMILES string of the molecule is CC1CCCC(NC(=O)C(NC(=O)c2c(F)cccc2F)C(C)C)C1. The van der Waals surface area contributed by atoms with Crippen LogP contribution in [0.3, 0.4) is 0 Å². The largest absolute Gasteiger partial charge is 0.352 e. The third-order valence-corrected chi connectivity index (χ3v) is 4.71. The van der Waals surface area contributed by atoms with Crippen LogP contribution in [0.5, 0.6) is 0 Å². The molecule has 1 aromatic carbocycles. The molecule has 3 unspecified atom stereocenters. The Balaban J connectivity index is 2.07. The van der Waals surface area contributed by atoms with Crippen molar-refractivity contribution in [3.05, 3.63) is 35.4 Å². The number of hydrogen-bond acceptors (Lipinski definition) is 2. The minimum Gasteiger partial charge on any atom is -0.352 e. The standard InChI is InChI=1S/C19H26F2N2O2/c1-11(2)17(19(25)22-13-7-4-6-12(3)10-13)23-18(24)16-14(20)8-5-9-15(16)21/h5,8-9,11-13,17H,4,6-7,10H2,1-3H3,(H,22,25)(H,23,24). The number of hydrogen-bond donors (Lipinski definition) is 2. The number of nitrogens with one attached hydrogen (secondary N) is 2. The Kier molecular flexibility index (Phi) is 6.51. The molecule has 2 N–H and O–H groups in total.